The molecule has 122 valence electrons. The zero-order valence-corrected chi connectivity index (χ0v) is 14.1. The molecule has 1 aromatic carbocycles. The number of rotatable bonds is 6. The first-order valence-electron chi connectivity index (χ1n) is 7.34. The van der Waals surface area contributed by atoms with E-state index >= 15 is 0 Å². The predicted octanol–water partition coefficient (Wildman–Crippen LogP) is 3.29. The highest BCUT2D eigenvalue weighted by molar-refractivity contribution is 6.30. The molecule has 1 rings (SSSR count). The van der Waals surface area contributed by atoms with Gasteiger partial charge < -0.3 is 15.4 Å². The van der Waals surface area contributed by atoms with Gasteiger partial charge in [0.1, 0.15) is 6.04 Å². The van der Waals surface area contributed by atoms with Crippen LogP contribution >= 0.6 is 11.6 Å². The maximum Gasteiger partial charge on any atom is 0.407 e. The van der Waals surface area contributed by atoms with Crippen molar-refractivity contribution < 1.29 is 14.3 Å². The standard InChI is InChI=1S/C16H23ClN2O3/c1-5-22-16(21)19-14(10(2)3)15(20)18-11(4)12-6-8-13(17)9-7-12/h6-11,14H,5H2,1-4H3,(H,18,20)(H,19,21)/t11-,14+/m1/s1. The first-order chi connectivity index (χ1) is 10.3. The maximum absolute atomic E-state index is 12.4. The van der Waals surface area contributed by atoms with Crippen molar-refractivity contribution in [1.82, 2.24) is 10.6 Å². The third kappa shape index (κ3) is 5.56. The highest BCUT2D eigenvalue weighted by Gasteiger charge is 2.25. The van der Waals surface area contributed by atoms with Crippen LogP contribution in [0, 0.1) is 5.92 Å². The van der Waals surface area contributed by atoms with Crippen LogP contribution < -0.4 is 10.6 Å². The Bertz CT molecular complexity index is 503. The second-order valence-electron chi connectivity index (χ2n) is 5.37. The summed E-state index contributed by atoms with van der Waals surface area (Å²) < 4.78 is 4.83. The van der Waals surface area contributed by atoms with E-state index in [0.29, 0.717) is 5.02 Å². The molecule has 0 heterocycles. The molecule has 2 N–H and O–H groups in total. The van der Waals surface area contributed by atoms with Crippen molar-refractivity contribution in [2.45, 2.75) is 39.8 Å². The Morgan fingerprint density at radius 3 is 2.23 bits per heavy atom. The SMILES string of the molecule is CCOC(=O)N[C@H](C(=O)N[C@H](C)c1ccc(Cl)cc1)C(C)C. The van der Waals surface area contributed by atoms with Crippen molar-refractivity contribution in [3.05, 3.63) is 34.9 Å². The minimum absolute atomic E-state index is 0.0539. The summed E-state index contributed by atoms with van der Waals surface area (Å²) in [5.74, 6) is -0.299. The van der Waals surface area contributed by atoms with Crippen LogP contribution in [0.1, 0.15) is 39.3 Å². The number of carbonyl (C=O) groups excluding carboxylic acids is 2. The lowest BCUT2D eigenvalue weighted by atomic mass is 10.0. The highest BCUT2D eigenvalue weighted by atomic mass is 35.5. The minimum Gasteiger partial charge on any atom is -0.450 e. The summed E-state index contributed by atoms with van der Waals surface area (Å²) in [4.78, 5) is 23.9. The molecule has 5 nitrogen and oxygen atoms in total. The molecule has 0 aliphatic rings. The molecule has 0 aliphatic carbocycles. The lowest BCUT2D eigenvalue weighted by molar-refractivity contribution is -0.124. The van der Waals surface area contributed by atoms with Crippen molar-refractivity contribution in [3.8, 4) is 0 Å². The number of benzene rings is 1. The number of ether oxygens (including phenoxy) is 1. The predicted molar refractivity (Wildman–Crippen MR) is 86.8 cm³/mol. The zero-order valence-electron chi connectivity index (χ0n) is 13.4. The lowest BCUT2D eigenvalue weighted by Gasteiger charge is -2.23. The summed E-state index contributed by atoms with van der Waals surface area (Å²) in [7, 11) is 0. The fourth-order valence-corrected chi connectivity index (χ4v) is 2.10. The van der Waals surface area contributed by atoms with E-state index in [1.807, 2.05) is 32.9 Å². The van der Waals surface area contributed by atoms with Gasteiger partial charge in [0.2, 0.25) is 5.91 Å². The van der Waals surface area contributed by atoms with Crippen molar-refractivity contribution in [2.75, 3.05) is 6.61 Å². The fraction of sp³-hybridized carbons (Fsp3) is 0.500. The summed E-state index contributed by atoms with van der Waals surface area (Å²) in [6, 6.07) is 6.43. The molecule has 2 atom stereocenters. The number of carbonyl (C=O) groups is 2. The average molecular weight is 327 g/mol. The lowest BCUT2D eigenvalue weighted by Crippen LogP contribution is -2.50. The van der Waals surface area contributed by atoms with Crippen molar-refractivity contribution in [2.24, 2.45) is 5.92 Å². The van der Waals surface area contributed by atoms with Gasteiger partial charge in [0, 0.05) is 5.02 Å². The van der Waals surface area contributed by atoms with Crippen LogP contribution in [-0.4, -0.2) is 24.6 Å². The molecule has 0 radical (unpaired) electrons. The van der Waals surface area contributed by atoms with E-state index in [1.54, 1.807) is 19.1 Å². The number of alkyl carbamates (subject to hydrolysis) is 1. The van der Waals surface area contributed by atoms with E-state index in [1.165, 1.54) is 0 Å². The van der Waals surface area contributed by atoms with Crippen LogP contribution in [0.2, 0.25) is 5.02 Å². The quantitative estimate of drug-likeness (QED) is 0.843. The Morgan fingerprint density at radius 1 is 1.14 bits per heavy atom. The van der Waals surface area contributed by atoms with Crippen LogP contribution in [0.5, 0.6) is 0 Å². The first kappa shape index (κ1) is 18.3. The normalized spacial score (nSPS) is 13.4. The summed E-state index contributed by atoms with van der Waals surface area (Å²) >= 11 is 5.85. The average Bonchev–Trinajstić information content (AvgIpc) is 2.45. The molecule has 0 aromatic heterocycles. The van der Waals surface area contributed by atoms with Gasteiger partial charge in [0.05, 0.1) is 12.6 Å². The van der Waals surface area contributed by atoms with Crippen molar-refractivity contribution >= 4 is 23.6 Å². The Hall–Kier alpha value is -1.75. The van der Waals surface area contributed by atoms with Crippen molar-refractivity contribution in [3.63, 3.8) is 0 Å². The number of nitrogens with one attached hydrogen (secondary N) is 2. The Balaban J connectivity index is 2.70. The van der Waals surface area contributed by atoms with Gasteiger partial charge in [-0.2, -0.15) is 0 Å². The summed E-state index contributed by atoms with van der Waals surface area (Å²) in [5.41, 5.74) is 0.941. The second kappa shape index (κ2) is 8.63. The second-order valence-corrected chi connectivity index (χ2v) is 5.80. The molecule has 0 saturated carbocycles. The van der Waals surface area contributed by atoms with E-state index in [9.17, 15) is 9.59 Å². The van der Waals surface area contributed by atoms with Gasteiger partial charge in [-0.15, -0.1) is 0 Å². The van der Waals surface area contributed by atoms with Gasteiger partial charge in [-0.1, -0.05) is 37.6 Å². The van der Waals surface area contributed by atoms with E-state index < -0.39 is 12.1 Å². The highest BCUT2D eigenvalue weighted by Crippen LogP contribution is 2.16. The third-order valence-corrected chi connectivity index (χ3v) is 3.48. The van der Waals surface area contributed by atoms with Gasteiger partial charge in [0.15, 0.2) is 0 Å². The van der Waals surface area contributed by atoms with Gasteiger partial charge >= 0.3 is 6.09 Å². The Labute approximate surface area is 136 Å². The zero-order chi connectivity index (χ0) is 16.7. The molecule has 0 fully saturated rings. The third-order valence-electron chi connectivity index (χ3n) is 3.23. The molecule has 0 saturated heterocycles. The molecular formula is C16H23ClN2O3. The maximum atomic E-state index is 12.4. The number of hydrogen-bond acceptors (Lipinski definition) is 3. The van der Waals surface area contributed by atoms with E-state index in [-0.39, 0.29) is 24.5 Å². The first-order valence-corrected chi connectivity index (χ1v) is 7.72. The summed E-state index contributed by atoms with van der Waals surface area (Å²) in [6.45, 7) is 7.59. The molecule has 0 aliphatic heterocycles. The van der Waals surface area contributed by atoms with Gasteiger partial charge in [-0.25, -0.2) is 4.79 Å². The largest absolute Gasteiger partial charge is 0.450 e. The summed E-state index contributed by atoms with van der Waals surface area (Å²) in [6.07, 6.45) is -0.588. The topological polar surface area (TPSA) is 67.4 Å². The van der Waals surface area contributed by atoms with Gasteiger partial charge in [-0.05, 0) is 37.5 Å². The minimum atomic E-state index is -0.645. The van der Waals surface area contributed by atoms with Crippen LogP contribution in [0.15, 0.2) is 24.3 Å². The number of halogens is 1. The van der Waals surface area contributed by atoms with Gasteiger partial charge in [-0.3, -0.25) is 4.79 Å². The Morgan fingerprint density at radius 2 is 1.73 bits per heavy atom. The van der Waals surface area contributed by atoms with Gasteiger partial charge in [0.25, 0.3) is 0 Å². The Kier molecular flexibility index (Phi) is 7.18. The monoisotopic (exact) mass is 326 g/mol. The van der Waals surface area contributed by atoms with Crippen LogP contribution in [-0.2, 0) is 9.53 Å². The van der Waals surface area contributed by atoms with E-state index in [2.05, 4.69) is 10.6 Å². The molecule has 1 aromatic rings. The molecule has 0 bridgehead atoms. The molecule has 0 spiro atoms. The smallest absolute Gasteiger partial charge is 0.407 e. The molecular weight excluding hydrogens is 304 g/mol. The molecule has 22 heavy (non-hydrogen) atoms. The summed E-state index contributed by atoms with van der Waals surface area (Å²) in [5, 5.41) is 6.13. The molecule has 2 amide bonds. The number of amides is 2. The van der Waals surface area contributed by atoms with Crippen LogP contribution in [0.3, 0.4) is 0 Å². The van der Waals surface area contributed by atoms with Crippen LogP contribution in [0.4, 0.5) is 4.79 Å². The fourth-order valence-electron chi connectivity index (χ4n) is 1.97. The van der Waals surface area contributed by atoms with Crippen LogP contribution in [0.25, 0.3) is 0 Å². The molecule has 0 unspecified atom stereocenters. The molecule has 6 heteroatoms. The van der Waals surface area contributed by atoms with Crippen molar-refractivity contribution in [1.29, 1.82) is 0 Å². The van der Waals surface area contributed by atoms with E-state index in [0.717, 1.165) is 5.56 Å². The van der Waals surface area contributed by atoms with E-state index in [4.69, 9.17) is 16.3 Å². The number of hydrogen-bond donors (Lipinski definition) is 2.